The molecule has 1 aromatic carbocycles. The van der Waals surface area contributed by atoms with Crippen LogP contribution in [0, 0.1) is 0 Å². The van der Waals surface area contributed by atoms with Gasteiger partial charge in [-0.15, -0.1) is 0 Å². The number of hydrazine groups is 1. The molecule has 0 fully saturated rings. The van der Waals surface area contributed by atoms with Crippen LogP contribution in [0.25, 0.3) is 11.0 Å². The molecule has 0 radical (unpaired) electrons. The van der Waals surface area contributed by atoms with E-state index in [1.165, 1.54) is 16.9 Å². The molecule has 106 valence electrons. The van der Waals surface area contributed by atoms with Crippen molar-refractivity contribution in [2.24, 2.45) is 5.84 Å². The Kier molecular flexibility index (Phi) is 3.25. The number of para-hydroxylation sites is 1. The highest BCUT2D eigenvalue weighted by atomic mass is 16.3. The second kappa shape index (κ2) is 5.22. The number of benzene rings is 1. The standard InChI is InChI=1S/C14H12N4O3/c15-17-14(20)13-9-4-1-2-5-10(9)21-11(13)8-18-12(19)6-3-7-16-18/h1-7H,8,15H2,(H,17,20). The number of hydrogen-bond acceptors (Lipinski definition) is 5. The molecule has 7 heteroatoms. The van der Waals surface area contributed by atoms with E-state index in [1.54, 1.807) is 30.3 Å². The number of hydrogen-bond donors (Lipinski definition) is 2. The molecule has 3 rings (SSSR count). The Morgan fingerprint density at radius 3 is 2.86 bits per heavy atom. The van der Waals surface area contributed by atoms with E-state index in [-0.39, 0.29) is 12.1 Å². The number of aromatic nitrogens is 2. The zero-order valence-corrected chi connectivity index (χ0v) is 10.9. The maximum Gasteiger partial charge on any atom is 0.269 e. The van der Waals surface area contributed by atoms with Crippen molar-refractivity contribution in [2.75, 3.05) is 0 Å². The second-order valence-electron chi connectivity index (χ2n) is 4.39. The molecule has 2 heterocycles. The Bertz CT molecular complexity index is 866. The second-order valence-corrected chi connectivity index (χ2v) is 4.39. The quantitative estimate of drug-likeness (QED) is 0.417. The molecule has 21 heavy (non-hydrogen) atoms. The Labute approximate surface area is 118 Å². The van der Waals surface area contributed by atoms with Gasteiger partial charge in [-0.2, -0.15) is 5.10 Å². The van der Waals surface area contributed by atoms with Crippen molar-refractivity contribution < 1.29 is 9.21 Å². The number of carbonyl (C=O) groups is 1. The van der Waals surface area contributed by atoms with Crippen LogP contribution in [0.3, 0.4) is 0 Å². The summed E-state index contributed by atoms with van der Waals surface area (Å²) in [5, 5.41) is 4.59. The number of rotatable bonds is 3. The number of nitrogens with one attached hydrogen (secondary N) is 1. The predicted molar refractivity (Wildman–Crippen MR) is 75.5 cm³/mol. The van der Waals surface area contributed by atoms with Crippen LogP contribution in [0.4, 0.5) is 0 Å². The monoisotopic (exact) mass is 284 g/mol. The molecule has 3 N–H and O–H groups in total. The van der Waals surface area contributed by atoms with Gasteiger partial charge in [-0.1, -0.05) is 18.2 Å². The maximum absolute atomic E-state index is 12.0. The summed E-state index contributed by atoms with van der Waals surface area (Å²) in [6.07, 6.45) is 1.49. The number of amides is 1. The first-order valence-corrected chi connectivity index (χ1v) is 6.24. The lowest BCUT2D eigenvalue weighted by Gasteiger charge is -2.03. The third kappa shape index (κ3) is 2.30. The van der Waals surface area contributed by atoms with Gasteiger partial charge in [0.15, 0.2) is 0 Å². The topological polar surface area (TPSA) is 103 Å². The van der Waals surface area contributed by atoms with Gasteiger partial charge in [0.2, 0.25) is 0 Å². The summed E-state index contributed by atoms with van der Waals surface area (Å²) in [5.41, 5.74) is 2.67. The average molecular weight is 284 g/mol. The van der Waals surface area contributed by atoms with Crippen LogP contribution in [0.2, 0.25) is 0 Å². The van der Waals surface area contributed by atoms with E-state index in [9.17, 15) is 9.59 Å². The minimum atomic E-state index is -0.473. The third-order valence-corrected chi connectivity index (χ3v) is 3.11. The molecule has 0 spiro atoms. The lowest BCUT2D eigenvalue weighted by atomic mass is 10.1. The van der Waals surface area contributed by atoms with Gasteiger partial charge in [-0.05, 0) is 12.1 Å². The summed E-state index contributed by atoms with van der Waals surface area (Å²) in [4.78, 5) is 23.7. The minimum Gasteiger partial charge on any atom is -0.458 e. The van der Waals surface area contributed by atoms with Crippen molar-refractivity contribution in [1.82, 2.24) is 15.2 Å². The number of fused-ring (bicyclic) bond motifs is 1. The van der Waals surface area contributed by atoms with E-state index in [4.69, 9.17) is 10.3 Å². The highest BCUT2D eigenvalue weighted by molar-refractivity contribution is 6.07. The van der Waals surface area contributed by atoms with Crippen molar-refractivity contribution in [1.29, 1.82) is 0 Å². The lowest BCUT2D eigenvalue weighted by Crippen LogP contribution is -2.31. The van der Waals surface area contributed by atoms with Crippen molar-refractivity contribution in [3.8, 4) is 0 Å². The SMILES string of the molecule is NNC(=O)c1c(Cn2ncccc2=O)oc2ccccc12. The summed E-state index contributed by atoms with van der Waals surface area (Å²) in [7, 11) is 0. The van der Waals surface area contributed by atoms with Gasteiger partial charge in [-0.3, -0.25) is 15.0 Å². The molecule has 7 nitrogen and oxygen atoms in total. The van der Waals surface area contributed by atoms with Crippen LogP contribution in [-0.2, 0) is 6.54 Å². The van der Waals surface area contributed by atoms with Crippen molar-refractivity contribution in [3.05, 3.63) is 64.3 Å². The fourth-order valence-corrected chi connectivity index (χ4v) is 2.17. The van der Waals surface area contributed by atoms with Crippen molar-refractivity contribution in [2.45, 2.75) is 6.54 Å². The lowest BCUT2D eigenvalue weighted by molar-refractivity contribution is 0.0953. The molecule has 0 saturated heterocycles. The van der Waals surface area contributed by atoms with Crippen molar-refractivity contribution >= 4 is 16.9 Å². The minimum absolute atomic E-state index is 0.0527. The number of nitrogens with two attached hydrogens (primary N) is 1. The normalized spacial score (nSPS) is 10.7. The first-order valence-electron chi connectivity index (χ1n) is 6.24. The van der Waals surface area contributed by atoms with Crippen LogP contribution < -0.4 is 16.8 Å². The van der Waals surface area contributed by atoms with E-state index >= 15 is 0 Å². The summed E-state index contributed by atoms with van der Waals surface area (Å²) in [5.74, 6) is 5.08. The molecule has 0 aliphatic carbocycles. The first kappa shape index (κ1) is 13.1. The van der Waals surface area contributed by atoms with E-state index < -0.39 is 5.91 Å². The first-order chi connectivity index (χ1) is 10.2. The van der Waals surface area contributed by atoms with Crippen LogP contribution in [-0.4, -0.2) is 15.7 Å². The van der Waals surface area contributed by atoms with Gasteiger partial charge in [0.1, 0.15) is 17.9 Å². The Morgan fingerprint density at radius 1 is 1.29 bits per heavy atom. The molecule has 0 saturated carbocycles. The number of nitrogens with zero attached hydrogens (tertiary/aromatic N) is 2. The molecule has 0 bridgehead atoms. The summed E-state index contributed by atoms with van der Waals surface area (Å²) in [6, 6.07) is 10.0. The number of furan rings is 1. The average Bonchev–Trinajstić information content (AvgIpc) is 2.87. The largest absolute Gasteiger partial charge is 0.458 e. The Hall–Kier alpha value is -2.93. The molecular formula is C14H12N4O3. The maximum atomic E-state index is 12.0. The van der Waals surface area contributed by atoms with Crippen LogP contribution in [0.15, 0.2) is 51.8 Å². The zero-order valence-electron chi connectivity index (χ0n) is 10.9. The highest BCUT2D eigenvalue weighted by Crippen LogP contribution is 2.26. The highest BCUT2D eigenvalue weighted by Gasteiger charge is 2.20. The third-order valence-electron chi connectivity index (χ3n) is 3.11. The molecule has 0 unspecified atom stereocenters. The Balaban J connectivity index is 2.16. The van der Waals surface area contributed by atoms with Gasteiger partial charge in [0.25, 0.3) is 11.5 Å². The van der Waals surface area contributed by atoms with Gasteiger partial charge < -0.3 is 4.42 Å². The van der Waals surface area contributed by atoms with Crippen LogP contribution >= 0.6 is 0 Å². The molecule has 0 aliphatic rings. The predicted octanol–water partition coefficient (Wildman–Crippen LogP) is 0.641. The van der Waals surface area contributed by atoms with E-state index in [2.05, 4.69) is 10.5 Å². The molecule has 3 aromatic rings. The smallest absolute Gasteiger partial charge is 0.269 e. The zero-order chi connectivity index (χ0) is 14.8. The molecule has 0 aliphatic heterocycles. The molecular weight excluding hydrogens is 272 g/mol. The van der Waals surface area contributed by atoms with Gasteiger partial charge in [0, 0.05) is 17.6 Å². The van der Waals surface area contributed by atoms with E-state index in [1.807, 2.05) is 0 Å². The molecule has 2 aromatic heterocycles. The number of nitrogen functional groups attached to an aromatic ring is 1. The summed E-state index contributed by atoms with van der Waals surface area (Å²) < 4.78 is 6.88. The fourth-order valence-electron chi connectivity index (χ4n) is 2.17. The van der Waals surface area contributed by atoms with Gasteiger partial charge in [0.05, 0.1) is 5.56 Å². The van der Waals surface area contributed by atoms with Crippen LogP contribution in [0.5, 0.6) is 0 Å². The number of carbonyl (C=O) groups excluding carboxylic acids is 1. The van der Waals surface area contributed by atoms with Gasteiger partial charge in [-0.25, -0.2) is 10.5 Å². The van der Waals surface area contributed by atoms with E-state index in [0.717, 1.165) is 0 Å². The molecule has 0 atom stereocenters. The summed E-state index contributed by atoms with van der Waals surface area (Å²) >= 11 is 0. The molecule has 1 amide bonds. The summed E-state index contributed by atoms with van der Waals surface area (Å²) in [6.45, 7) is 0.0527. The van der Waals surface area contributed by atoms with Gasteiger partial charge >= 0.3 is 0 Å². The fraction of sp³-hybridized carbons (Fsp3) is 0.0714. The van der Waals surface area contributed by atoms with Crippen molar-refractivity contribution in [3.63, 3.8) is 0 Å². The van der Waals surface area contributed by atoms with E-state index in [0.29, 0.717) is 22.3 Å². The Morgan fingerprint density at radius 2 is 2.10 bits per heavy atom. The van der Waals surface area contributed by atoms with Crippen LogP contribution in [0.1, 0.15) is 16.1 Å².